The average Bonchev–Trinajstić information content (AvgIpc) is 2.55. The molecule has 5 nitrogen and oxygen atoms in total. The molecule has 0 saturated carbocycles. The zero-order chi connectivity index (χ0) is 15.9. The number of piperidine rings is 1. The highest BCUT2D eigenvalue weighted by Gasteiger charge is 2.27. The Balaban J connectivity index is 1.79. The molecule has 1 saturated heterocycles. The third-order valence-corrected chi connectivity index (χ3v) is 4.45. The van der Waals surface area contributed by atoms with Gasteiger partial charge in [0.1, 0.15) is 0 Å². The first-order valence-electron chi connectivity index (χ1n) is 7.59. The number of halogens is 1. The van der Waals surface area contributed by atoms with Crippen LogP contribution in [0.15, 0.2) is 28.7 Å². The topological polar surface area (TPSA) is 61.4 Å². The number of benzene rings is 1. The van der Waals surface area contributed by atoms with E-state index in [1.54, 1.807) is 0 Å². The maximum Gasteiger partial charge on any atom is 0.227 e. The Labute approximate surface area is 139 Å². The predicted octanol–water partition coefficient (Wildman–Crippen LogP) is 2.24. The van der Waals surface area contributed by atoms with Gasteiger partial charge in [-0.1, -0.05) is 15.9 Å². The van der Waals surface area contributed by atoms with Gasteiger partial charge in [0.15, 0.2) is 0 Å². The van der Waals surface area contributed by atoms with Crippen LogP contribution in [0.5, 0.6) is 0 Å². The first-order chi connectivity index (χ1) is 10.6. The van der Waals surface area contributed by atoms with Gasteiger partial charge in [0.25, 0.3) is 0 Å². The second-order valence-corrected chi connectivity index (χ2v) is 6.42. The van der Waals surface area contributed by atoms with Crippen LogP contribution >= 0.6 is 15.9 Å². The minimum absolute atomic E-state index is 0.0167. The van der Waals surface area contributed by atoms with E-state index in [9.17, 15) is 9.59 Å². The Bertz CT molecular complexity index is 511. The Morgan fingerprint density at radius 3 is 2.45 bits per heavy atom. The molecule has 0 bridgehead atoms. The highest BCUT2D eigenvalue weighted by molar-refractivity contribution is 9.10. The van der Waals surface area contributed by atoms with E-state index in [-0.39, 0.29) is 17.7 Å². The standard InChI is InChI=1S/C16H22BrN3O2/c1-18-9-6-15(21)20-10-7-12(8-11-20)16(22)19-14-4-2-13(17)3-5-14/h2-5,12,18H,6-11H2,1H3,(H,19,22). The summed E-state index contributed by atoms with van der Waals surface area (Å²) in [4.78, 5) is 26.1. The van der Waals surface area contributed by atoms with Crippen molar-refractivity contribution in [3.8, 4) is 0 Å². The Hall–Kier alpha value is -1.40. The molecule has 1 aromatic rings. The maximum atomic E-state index is 12.3. The minimum Gasteiger partial charge on any atom is -0.343 e. The number of nitrogens with zero attached hydrogens (tertiary/aromatic N) is 1. The van der Waals surface area contributed by atoms with Gasteiger partial charge in [-0.3, -0.25) is 9.59 Å². The van der Waals surface area contributed by atoms with E-state index in [0.29, 0.717) is 26.1 Å². The van der Waals surface area contributed by atoms with Gasteiger partial charge in [0, 0.05) is 42.1 Å². The first kappa shape index (κ1) is 17.0. The SMILES string of the molecule is CNCCC(=O)N1CCC(C(=O)Nc2ccc(Br)cc2)CC1. The summed E-state index contributed by atoms with van der Waals surface area (Å²) in [5.74, 6) is 0.197. The fourth-order valence-electron chi connectivity index (χ4n) is 2.56. The lowest BCUT2D eigenvalue weighted by atomic mass is 9.95. The lowest BCUT2D eigenvalue weighted by Crippen LogP contribution is -2.42. The lowest BCUT2D eigenvalue weighted by Gasteiger charge is -2.31. The summed E-state index contributed by atoms with van der Waals surface area (Å²) in [7, 11) is 1.84. The number of rotatable bonds is 5. The fourth-order valence-corrected chi connectivity index (χ4v) is 2.82. The number of hydrogen-bond donors (Lipinski definition) is 2. The average molecular weight is 368 g/mol. The van der Waals surface area contributed by atoms with Crippen molar-refractivity contribution in [3.05, 3.63) is 28.7 Å². The third kappa shape index (κ3) is 4.81. The molecular weight excluding hydrogens is 346 g/mol. The summed E-state index contributed by atoms with van der Waals surface area (Å²) >= 11 is 3.37. The molecule has 2 N–H and O–H groups in total. The number of carbonyl (C=O) groups is 2. The van der Waals surface area contributed by atoms with Crippen molar-refractivity contribution in [2.45, 2.75) is 19.3 Å². The molecule has 1 aliphatic rings. The summed E-state index contributed by atoms with van der Waals surface area (Å²) in [5.41, 5.74) is 0.806. The van der Waals surface area contributed by atoms with E-state index in [0.717, 1.165) is 23.0 Å². The van der Waals surface area contributed by atoms with E-state index < -0.39 is 0 Å². The monoisotopic (exact) mass is 367 g/mol. The van der Waals surface area contributed by atoms with Crippen molar-refractivity contribution >= 4 is 33.4 Å². The number of hydrogen-bond acceptors (Lipinski definition) is 3. The predicted molar refractivity (Wildman–Crippen MR) is 90.6 cm³/mol. The van der Waals surface area contributed by atoms with Gasteiger partial charge in [0.05, 0.1) is 0 Å². The van der Waals surface area contributed by atoms with Gasteiger partial charge in [-0.05, 0) is 44.2 Å². The van der Waals surface area contributed by atoms with Crippen LogP contribution in [-0.4, -0.2) is 43.4 Å². The Morgan fingerprint density at radius 2 is 1.86 bits per heavy atom. The van der Waals surface area contributed by atoms with Crippen molar-refractivity contribution in [2.24, 2.45) is 5.92 Å². The van der Waals surface area contributed by atoms with Crippen molar-refractivity contribution < 1.29 is 9.59 Å². The van der Waals surface area contributed by atoms with Gasteiger partial charge in [-0.2, -0.15) is 0 Å². The molecule has 0 atom stereocenters. The molecule has 22 heavy (non-hydrogen) atoms. The molecule has 0 radical (unpaired) electrons. The van der Waals surface area contributed by atoms with Crippen molar-refractivity contribution in [2.75, 3.05) is 32.0 Å². The minimum atomic E-state index is -0.0167. The van der Waals surface area contributed by atoms with Crippen LogP contribution in [0.25, 0.3) is 0 Å². The quantitative estimate of drug-likeness (QED) is 0.838. The summed E-state index contributed by atoms with van der Waals surface area (Å²) in [6.45, 7) is 2.03. The van der Waals surface area contributed by atoms with E-state index in [4.69, 9.17) is 0 Å². The number of likely N-dealkylation sites (tertiary alicyclic amines) is 1. The number of anilines is 1. The fraction of sp³-hybridized carbons (Fsp3) is 0.500. The summed E-state index contributed by atoms with van der Waals surface area (Å²) in [6.07, 6.45) is 1.98. The molecule has 1 aromatic carbocycles. The van der Waals surface area contributed by atoms with Crippen molar-refractivity contribution in [1.29, 1.82) is 0 Å². The molecule has 6 heteroatoms. The zero-order valence-electron chi connectivity index (χ0n) is 12.8. The van der Waals surface area contributed by atoms with E-state index in [1.165, 1.54) is 0 Å². The third-order valence-electron chi connectivity index (χ3n) is 3.92. The molecule has 1 fully saturated rings. The van der Waals surface area contributed by atoms with Gasteiger partial charge >= 0.3 is 0 Å². The molecule has 0 aromatic heterocycles. The second kappa shape index (κ2) is 8.29. The number of carbonyl (C=O) groups excluding carboxylic acids is 2. The van der Waals surface area contributed by atoms with Crippen LogP contribution in [0, 0.1) is 5.92 Å². The van der Waals surface area contributed by atoms with E-state index >= 15 is 0 Å². The molecule has 0 spiro atoms. The van der Waals surface area contributed by atoms with Crippen molar-refractivity contribution in [1.82, 2.24) is 10.2 Å². The zero-order valence-corrected chi connectivity index (χ0v) is 14.4. The molecular formula is C16H22BrN3O2. The molecule has 1 aliphatic heterocycles. The van der Waals surface area contributed by atoms with E-state index in [2.05, 4.69) is 26.6 Å². The van der Waals surface area contributed by atoms with Crippen LogP contribution in [0.2, 0.25) is 0 Å². The van der Waals surface area contributed by atoms with Gasteiger partial charge in [0.2, 0.25) is 11.8 Å². The van der Waals surface area contributed by atoms with Crippen LogP contribution in [0.1, 0.15) is 19.3 Å². The summed E-state index contributed by atoms with van der Waals surface area (Å²) in [5, 5.41) is 5.92. The van der Waals surface area contributed by atoms with Gasteiger partial charge < -0.3 is 15.5 Å². The van der Waals surface area contributed by atoms with Gasteiger partial charge in [-0.25, -0.2) is 0 Å². The highest BCUT2D eigenvalue weighted by Crippen LogP contribution is 2.21. The summed E-state index contributed by atoms with van der Waals surface area (Å²) < 4.78 is 0.985. The molecule has 1 heterocycles. The second-order valence-electron chi connectivity index (χ2n) is 5.50. The molecule has 2 rings (SSSR count). The van der Waals surface area contributed by atoms with Crippen LogP contribution in [0.4, 0.5) is 5.69 Å². The first-order valence-corrected chi connectivity index (χ1v) is 8.38. The Morgan fingerprint density at radius 1 is 1.23 bits per heavy atom. The smallest absolute Gasteiger partial charge is 0.227 e. The molecule has 120 valence electrons. The largest absolute Gasteiger partial charge is 0.343 e. The number of amides is 2. The summed E-state index contributed by atoms with van der Waals surface area (Å²) in [6, 6.07) is 7.55. The van der Waals surface area contributed by atoms with Crippen molar-refractivity contribution in [3.63, 3.8) is 0 Å². The number of nitrogens with one attached hydrogen (secondary N) is 2. The molecule has 2 amide bonds. The lowest BCUT2D eigenvalue weighted by molar-refractivity contribution is -0.134. The van der Waals surface area contributed by atoms with E-state index in [1.807, 2.05) is 36.2 Å². The highest BCUT2D eigenvalue weighted by atomic mass is 79.9. The normalized spacial score (nSPS) is 15.6. The Kier molecular flexibility index (Phi) is 6.39. The van der Waals surface area contributed by atoms with Crippen LogP contribution in [0.3, 0.4) is 0 Å². The van der Waals surface area contributed by atoms with Crippen LogP contribution in [-0.2, 0) is 9.59 Å². The maximum absolute atomic E-state index is 12.3. The molecule has 0 unspecified atom stereocenters. The van der Waals surface area contributed by atoms with Crippen LogP contribution < -0.4 is 10.6 Å². The van der Waals surface area contributed by atoms with Gasteiger partial charge in [-0.15, -0.1) is 0 Å². The molecule has 0 aliphatic carbocycles.